The summed E-state index contributed by atoms with van der Waals surface area (Å²) in [6.45, 7) is 3.83. The topological polar surface area (TPSA) is 67.2 Å². The van der Waals surface area contributed by atoms with Gasteiger partial charge in [0.25, 0.3) is 5.91 Å². The molecule has 4 rings (SSSR count). The van der Waals surface area contributed by atoms with E-state index in [2.05, 4.69) is 10.4 Å². The second kappa shape index (κ2) is 8.80. The van der Waals surface area contributed by atoms with E-state index in [-0.39, 0.29) is 23.8 Å². The van der Waals surface area contributed by atoms with Gasteiger partial charge in [-0.15, -0.1) is 0 Å². The quantitative estimate of drug-likeness (QED) is 0.846. The monoisotopic (exact) mass is 394 g/mol. The van der Waals surface area contributed by atoms with Crippen molar-refractivity contribution in [1.29, 1.82) is 0 Å². The number of amides is 2. The molecule has 1 saturated heterocycles. The van der Waals surface area contributed by atoms with Gasteiger partial charge in [-0.05, 0) is 57.1 Å². The molecule has 2 amide bonds. The van der Waals surface area contributed by atoms with E-state index in [1.54, 1.807) is 6.20 Å². The Hall–Kier alpha value is -2.63. The first-order chi connectivity index (χ1) is 14.2. The fourth-order valence-electron chi connectivity index (χ4n) is 4.67. The van der Waals surface area contributed by atoms with E-state index < -0.39 is 0 Å². The van der Waals surface area contributed by atoms with Crippen molar-refractivity contribution in [2.24, 2.45) is 5.92 Å². The van der Waals surface area contributed by atoms with E-state index in [1.165, 1.54) is 6.42 Å². The van der Waals surface area contributed by atoms with Gasteiger partial charge >= 0.3 is 0 Å². The molecule has 154 valence electrons. The number of likely N-dealkylation sites (tertiary alicyclic amines) is 1. The molecule has 2 aromatic rings. The number of benzene rings is 1. The van der Waals surface area contributed by atoms with Crippen molar-refractivity contribution in [2.45, 2.75) is 57.9 Å². The zero-order valence-electron chi connectivity index (χ0n) is 17.1. The van der Waals surface area contributed by atoms with Crippen molar-refractivity contribution in [3.05, 3.63) is 47.8 Å². The SMILES string of the molecule is CCc1c(C(=O)N[C@H]2CC[C@@H](C(=O)N3CCCCC3)C2)cnn1-c1ccccc1. The molecule has 2 aliphatic rings. The first-order valence-electron chi connectivity index (χ1n) is 10.9. The second-order valence-electron chi connectivity index (χ2n) is 8.17. The molecule has 1 aromatic heterocycles. The van der Waals surface area contributed by atoms with Crippen molar-refractivity contribution in [3.63, 3.8) is 0 Å². The lowest BCUT2D eigenvalue weighted by Crippen LogP contribution is -2.40. The van der Waals surface area contributed by atoms with Crippen LogP contribution < -0.4 is 5.32 Å². The molecule has 1 N–H and O–H groups in total. The Kier molecular flexibility index (Phi) is 5.97. The summed E-state index contributed by atoms with van der Waals surface area (Å²) in [6.07, 6.45) is 8.31. The number of carbonyl (C=O) groups excluding carboxylic acids is 2. The zero-order valence-corrected chi connectivity index (χ0v) is 17.1. The van der Waals surface area contributed by atoms with Gasteiger partial charge < -0.3 is 10.2 Å². The summed E-state index contributed by atoms with van der Waals surface area (Å²) >= 11 is 0. The van der Waals surface area contributed by atoms with Crippen LogP contribution in [0.4, 0.5) is 0 Å². The first-order valence-corrected chi connectivity index (χ1v) is 10.9. The highest BCUT2D eigenvalue weighted by molar-refractivity contribution is 5.95. The van der Waals surface area contributed by atoms with Gasteiger partial charge in [-0.3, -0.25) is 9.59 Å². The predicted molar refractivity (Wildman–Crippen MR) is 112 cm³/mol. The van der Waals surface area contributed by atoms with Crippen LogP contribution in [0.2, 0.25) is 0 Å². The standard InChI is InChI=1S/C23H30N4O2/c1-2-21-20(16-24-27(21)19-9-5-3-6-10-19)22(28)25-18-12-11-17(15-18)23(29)26-13-7-4-8-14-26/h3,5-6,9-10,16-18H,2,4,7-8,11-15H2,1H3,(H,25,28)/t17-,18+/m1/s1. The largest absolute Gasteiger partial charge is 0.349 e. The van der Waals surface area contributed by atoms with Crippen LogP contribution >= 0.6 is 0 Å². The van der Waals surface area contributed by atoms with Gasteiger partial charge in [0.15, 0.2) is 0 Å². The number of nitrogens with zero attached hydrogens (tertiary/aromatic N) is 3. The van der Waals surface area contributed by atoms with Gasteiger partial charge in [0.05, 0.1) is 23.1 Å². The number of aromatic nitrogens is 2. The number of carbonyl (C=O) groups is 2. The molecule has 6 nitrogen and oxygen atoms in total. The minimum absolute atomic E-state index is 0.0519. The Balaban J connectivity index is 1.40. The van der Waals surface area contributed by atoms with E-state index in [0.717, 1.165) is 63.0 Å². The van der Waals surface area contributed by atoms with Crippen LogP contribution in [0.3, 0.4) is 0 Å². The molecule has 0 bridgehead atoms. The summed E-state index contributed by atoms with van der Waals surface area (Å²) in [4.78, 5) is 27.7. The van der Waals surface area contributed by atoms with Gasteiger partial charge in [0.2, 0.25) is 5.91 Å². The molecule has 0 radical (unpaired) electrons. The van der Waals surface area contributed by atoms with Crippen molar-refractivity contribution in [2.75, 3.05) is 13.1 Å². The third kappa shape index (κ3) is 4.21. The van der Waals surface area contributed by atoms with Crippen LogP contribution in [0.25, 0.3) is 5.69 Å². The minimum Gasteiger partial charge on any atom is -0.349 e. The molecule has 0 spiro atoms. The maximum Gasteiger partial charge on any atom is 0.254 e. The Morgan fingerprint density at radius 2 is 1.86 bits per heavy atom. The summed E-state index contributed by atoms with van der Waals surface area (Å²) in [5, 5.41) is 7.61. The minimum atomic E-state index is -0.0832. The number of nitrogens with one attached hydrogen (secondary N) is 1. The maximum absolute atomic E-state index is 12.9. The lowest BCUT2D eigenvalue weighted by molar-refractivity contribution is -0.136. The lowest BCUT2D eigenvalue weighted by atomic mass is 10.0. The summed E-state index contributed by atoms with van der Waals surface area (Å²) in [5.41, 5.74) is 2.49. The summed E-state index contributed by atoms with van der Waals surface area (Å²) in [7, 11) is 0. The highest BCUT2D eigenvalue weighted by Gasteiger charge is 2.34. The smallest absolute Gasteiger partial charge is 0.254 e. The van der Waals surface area contributed by atoms with Crippen molar-refractivity contribution < 1.29 is 9.59 Å². The third-order valence-electron chi connectivity index (χ3n) is 6.23. The number of hydrogen-bond donors (Lipinski definition) is 1. The normalized spacial score (nSPS) is 21.9. The van der Waals surface area contributed by atoms with Gasteiger partial charge in [-0.1, -0.05) is 25.1 Å². The molecule has 1 aromatic carbocycles. The van der Waals surface area contributed by atoms with E-state index in [1.807, 2.05) is 46.8 Å². The Morgan fingerprint density at radius 1 is 1.10 bits per heavy atom. The molecule has 0 unspecified atom stereocenters. The van der Waals surface area contributed by atoms with Gasteiger partial charge in [-0.2, -0.15) is 5.10 Å². The Bertz CT molecular complexity index is 855. The molecule has 6 heteroatoms. The van der Waals surface area contributed by atoms with Crippen LogP contribution in [-0.4, -0.2) is 45.6 Å². The predicted octanol–water partition coefficient (Wildman–Crippen LogP) is 3.35. The second-order valence-corrected chi connectivity index (χ2v) is 8.17. The van der Waals surface area contributed by atoms with Gasteiger partial charge in [0, 0.05) is 25.0 Å². The average molecular weight is 395 g/mol. The number of para-hydroxylation sites is 1. The Labute approximate surface area is 172 Å². The molecule has 2 fully saturated rings. The molecular formula is C23H30N4O2. The summed E-state index contributed by atoms with van der Waals surface area (Å²) in [5.74, 6) is 0.254. The molecule has 1 aliphatic heterocycles. The third-order valence-corrected chi connectivity index (χ3v) is 6.23. The number of piperidine rings is 1. The van der Waals surface area contributed by atoms with Gasteiger partial charge in [0.1, 0.15) is 0 Å². The Morgan fingerprint density at radius 3 is 2.59 bits per heavy atom. The zero-order chi connectivity index (χ0) is 20.2. The summed E-state index contributed by atoms with van der Waals surface area (Å²) < 4.78 is 1.84. The van der Waals surface area contributed by atoms with Crippen molar-refractivity contribution in [3.8, 4) is 5.69 Å². The molecule has 1 aliphatic carbocycles. The van der Waals surface area contributed by atoms with E-state index in [0.29, 0.717) is 5.56 Å². The van der Waals surface area contributed by atoms with Gasteiger partial charge in [-0.25, -0.2) is 4.68 Å². The highest BCUT2D eigenvalue weighted by Crippen LogP contribution is 2.29. The molecule has 2 atom stereocenters. The highest BCUT2D eigenvalue weighted by atomic mass is 16.2. The van der Waals surface area contributed by atoms with Crippen molar-refractivity contribution in [1.82, 2.24) is 20.0 Å². The number of rotatable bonds is 5. The van der Waals surface area contributed by atoms with Crippen LogP contribution in [0.15, 0.2) is 36.5 Å². The fourth-order valence-corrected chi connectivity index (χ4v) is 4.67. The maximum atomic E-state index is 12.9. The van der Waals surface area contributed by atoms with E-state index in [4.69, 9.17) is 0 Å². The molecule has 2 heterocycles. The molecular weight excluding hydrogens is 364 g/mol. The fraction of sp³-hybridized carbons (Fsp3) is 0.522. The van der Waals surface area contributed by atoms with Crippen LogP contribution in [0.5, 0.6) is 0 Å². The van der Waals surface area contributed by atoms with Crippen LogP contribution in [0.1, 0.15) is 61.5 Å². The average Bonchev–Trinajstić information content (AvgIpc) is 3.41. The van der Waals surface area contributed by atoms with E-state index in [9.17, 15) is 9.59 Å². The summed E-state index contributed by atoms with van der Waals surface area (Å²) in [6, 6.07) is 9.94. The van der Waals surface area contributed by atoms with E-state index >= 15 is 0 Å². The van der Waals surface area contributed by atoms with Crippen LogP contribution in [-0.2, 0) is 11.2 Å². The van der Waals surface area contributed by atoms with Crippen LogP contribution in [0, 0.1) is 5.92 Å². The lowest BCUT2D eigenvalue weighted by Gasteiger charge is -2.29. The molecule has 1 saturated carbocycles. The molecule has 29 heavy (non-hydrogen) atoms. The first kappa shape index (κ1) is 19.7. The van der Waals surface area contributed by atoms with Crippen molar-refractivity contribution >= 4 is 11.8 Å². The number of hydrogen-bond acceptors (Lipinski definition) is 3.